The second-order valence-corrected chi connectivity index (χ2v) is 7.48. The Morgan fingerprint density at radius 3 is 2.67 bits per heavy atom. The van der Waals surface area contributed by atoms with Crippen LogP contribution in [0.2, 0.25) is 0 Å². The third-order valence-corrected chi connectivity index (χ3v) is 5.36. The molecule has 7 nitrogen and oxygen atoms in total. The van der Waals surface area contributed by atoms with E-state index in [1.807, 2.05) is 36.4 Å². The molecule has 0 amide bonds. The van der Waals surface area contributed by atoms with Crippen molar-refractivity contribution in [1.29, 1.82) is 0 Å². The van der Waals surface area contributed by atoms with Crippen molar-refractivity contribution in [1.82, 2.24) is 20.1 Å². The van der Waals surface area contributed by atoms with Gasteiger partial charge in [0.2, 0.25) is 11.7 Å². The number of H-pyrrole nitrogens is 1. The Balaban J connectivity index is 1.49. The molecule has 152 valence electrons. The Kier molecular flexibility index (Phi) is 5.94. The number of hydrogen-bond acceptors (Lipinski definition) is 7. The van der Waals surface area contributed by atoms with Gasteiger partial charge in [-0.05, 0) is 24.1 Å². The highest BCUT2D eigenvalue weighted by Crippen LogP contribution is 2.25. The predicted molar refractivity (Wildman–Crippen MR) is 116 cm³/mol. The zero-order chi connectivity index (χ0) is 20.9. The van der Waals surface area contributed by atoms with E-state index in [2.05, 4.69) is 39.2 Å². The van der Waals surface area contributed by atoms with Crippen molar-refractivity contribution in [2.75, 3.05) is 7.11 Å². The zero-order valence-corrected chi connectivity index (χ0v) is 17.4. The molecule has 1 N–H and O–H groups in total. The number of aromatic nitrogens is 4. The predicted octanol–water partition coefficient (Wildman–Crippen LogP) is 4.35. The maximum Gasteiger partial charge on any atom is 0.252 e. The van der Waals surface area contributed by atoms with E-state index in [4.69, 9.17) is 9.26 Å². The van der Waals surface area contributed by atoms with Gasteiger partial charge < -0.3 is 14.2 Å². The third kappa shape index (κ3) is 4.60. The summed E-state index contributed by atoms with van der Waals surface area (Å²) in [6.45, 7) is 2.11. The SMILES string of the molecule is CCc1ccc(-c2noc(CSc3nc(-c4cccc(OC)c4)cc(=O)[nH]3)n2)cc1. The highest BCUT2D eigenvalue weighted by Gasteiger charge is 2.11. The Bertz CT molecular complexity index is 1200. The average molecular weight is 420 g/mol. The van der Waals surface area contributed by atoms with E-state index in [0.717, 1.165) is 17.5 Å². The van der Waals surface area contributed by atoms with Gasteiger partial charge >= 0.3 is 0 Å². The van der Waals surface area contributed by atoms with Crippen LogP contribution in [0.5, 0.6) is 5.75 Å². The second kappa shape index (κ2) is 8.96. The minimum absolute atomic E-state index is 0.229. The van der Waals surface area contributed by atoms with Gasteiger partial charge in [0.1, 0.15) is 5.75 Å². The number of rotatable bonds is 7. The molecule has 0 aliphatic carbocycles. The lowest BCUT2D eigenvalue weighted by Crippen LogP contribution is -2.08. The van der Waals surface area contributed by atoms with Gasteiger partial charge in [0.15, 0.2) is 5.16 Å². The van der Waals surface area contributed by atoms with E-state index in [0.29, 0.717) is 34.1 Å². The summed E-state index contributed by atoms with van der Waals surface area (Å²) in [6, 6.07) is 17.0. The first kappa shape index (κ1) is 19.9. The smallest absolute Gasteiger partial charge is 0.252 e. The van der Waals surface area contributed by atoms with Crippen LogP contribution in [0.15, 0.2) is 69.1 Å². The van der Waals surface area contributed by atoms with Gasteiger partial charge in [-0.1, -0.05) is 60.2 Å². The van der Waals surface area contributed by atoms with Crippen molar-refractivity contribution in [3.8, 4) is 28.4 Å². The van der Waals surface area contributed by atoms with Crippen LogP contribution in [0.25, 0.3) is 22.6 Å². The number of nitrogens with zero attached hydrogens (tertiary/aromatic N) is 3. The number of methoxy groups -OCH3 is 1. The Morgan fingerprint density at radius 2 is 1.90 bits per heavy atom. The highest BCUT2D eigenvalue weighted by molar-refractivity contribution is 7.98. The zero-order valence-electron chi connectivity index (χ0n) is 16.6. The fourth-order valence-electron chi connectivity index (χ4n) is 2.88. The summed E-state index contributed by atoms with van der Waals surface area (Å²) in [7, 11) is 1.60. The minimum Gasteiger partial charge on any atom is -0.497 e. The van der Waals surface area contributed by atoms with Gasteiger partial charge in [0.05, 0.1) is 18.6 Å². The highest BCUT2D eigenvalue weighted by atomic mass is 32.2. The summed E-state index contributed by atoms with van der Waals surface area (Å²) in [5.74, 6) is 2.10. The molecule has 4 aromatic rings. The van der Waals surface area contributed by atoms with Crippen molar-refractivity contribution >= 4 is 11.8 Å². The van der Waals surface area contributed by atoms with Crippen LogP contribution in [-0.2, 0) is 12.2 Å². The molecule has 0 atom stereocenters. The molecule has 0 spiro atoms. The number of nitrogens with one attached hydrogen (secondary N) is 1. The van der Waals surface area contributed by atoms with Crippen molar-refractivity contribution in [3.05, 3.63) is 76.4 Å². The van der Waals surface area contributed by atoms with E-state index in [-0.39, 0.29) is 5.56 Å². The molecule has 0 aliphatic heterocycles. The van der Waals surface area contributed by atoms with Crippen molar-refractivity contribution in [3.63, 3.8) is 0 Å². The maximum atomic E-state index is 12.1. The lowest BCUT2D eigenvalue weighted by atomic mass is 10.1. The molecule has 2 aromatic heterocycles. The van der Waals surface area contributed by atoms with E-state index < -0.39 is 0 Å². The minimum atomic E-state index is -0.229. The van der Waals surface area contributed by atoms with E-state index in [1.165, 1.54) is 23.4 Å². The van der Waals surface area contributed by atoms with Crippen molar-refractivity contribution in [2.24, 2.45) is 0 Å². The number of thioether (sulfide) groups is 1. The quantitative estimate of drug-likeness (QED) is 0.351. The van der Waals surface area contributed by atoms with E-state index in [1.54, 1.807) is 7.11 Å². The molecule has 8 heteroatoms. The Morgan fingerprint density at radius 1 is 1.07 bits per heavy atom. The van der Waals surface area contributed by atoms with Crippen LogP contribution in [0.1, 0.15) is 18.4 Å². The number of ether oxygens (including phenoxy) is 1. The van der Waals surface area contributed by atoms with Crippen LogP contribution >= 0.6 is 11.8 Å². The summed E-state index contributed by atoms with van der Waals surface area (Å²) < 4.78 is 10.6. The lowest BCUT2D eigenvalue weighted by Gasteiger charge is -2.05. The molecule has 0 aliphatic rings. The molecule has 0 bridgehead atoms. The topological polar surface area (TPSA) is 93.9 Å². The molecule has 0 saturated carbocycles. The van der Waals surface area contributed by atoms with Crippen molar-refractivity contribution in [2.45, 2.75) is 24.3 Å². The first-order chi connectivity index (χ1) is 14.6. The first-order valence-corrected chi connectivity index (χ1v) is 10.4. The summed E-state index contributed by atoms with van der Waals surface area (Å²) in [5, 5.41) is 4.53. The molecular weight excluding hydrogens is 400 g/mol. The third-order valence-electron chi connectivity index (χ3n) is 4.51. The summed E-state index contributed by atoms with van der Waals surface area (Å²) in [6.07, 6.45) is 0.981. The molecule has 0 fully saturated rings. The van der Waals surface area contributed by atoms with Crippen LogP contribution in [0.3, 0.4) is 0 Å². The van der Waals surface area contributed by atoms with Crippen LogP contribution < -0.4 is 10.3 Å². The largest absolute Gasteiger partial charge is 0.497 e. The Labute approximate surface area is 177 Å². The molecule has 2 aromatic carbocycles. The van der Waals surface area contributed by atoms with Crippen LogP contribution in [0, 0.1) is 0 Å². The normalized spacial score (nSPS) is 10.9. The standard InChI is InChI=1S/C22H20N4O3S/c1-3-14-7-9-15(10-8-14)21-25-20(29-26-21)13-30-22-23-18(12-19(27)24-22)16-5-4-6-17(11-16)28-2/h4-12H,3,13H2,1-2H3,(H,23,24,27). The fraction of sp³-hybridized carbons (Fsp3) is 0.182. The summed E-state index contributed by atoms with van der Waals surface area (Å²) >= 11 is 1.33. The lowest BCUT2D eigenvalue weighted by molar-refractivity contribution is 0.391. The van der Waals surface area contributed by atoms with Gasteiger partial charge in [-0.15, -0.1) is 0 Å². The monoisotopic (exact) mass is 420 g/mol. The molecule has 4 rings (SSSR count). The number of hydrogen-bond donors (Lipinski definition) is 1. The molecule has 30 heavy (non-hydrogen) atoms. The van der Waals surface area contributed by atoms with Crippen LogP contribution in [0.4, 0.5) is 0 Å². The van der Waals surface area contributed by atoms with E-state index >= 15 is 0 Å². The number of aryl methyl sites for hydroxylation is 1. The first-order valence-electron chi connectivity index (χ1n) is 9.45. The molecule has 0 unspecified atom stereocenters. The van der Waals surface area contributed by atoms with Crippen LogP contribution in [-0.4, -0.2) is 27.2 Å². The van der Waals surface area contributed by atoms with E-state index in [9.17, 15) is 4.79 Å². The van der Waals surface area contributed by atoms with Gasteiger partial charge in [0, 0.05) is 17.2 Å². The number of aromatic amines is 1. The summed E-state index contributed by atoms with van der Waals surface area (Å²) in [4.78, 5) is 23.8. The Hall–Kier alpha value is -3.39. The number of benzene rings is 2. The van der Waals surface area contributed by atoms with Gasteiger partial charge in [-0.3, -0.25) is 4.79 Å². The van der Waals surface area contributed by atoms with Gasteiger partial charge in [-0.25, -0.2) is 4.98 Å². The molecule has 2 heterocycles. The molecule has 0 saturated heterocycles. The second-order valence-electron chi connectivity index (χ2n) is 6.52. The maximum absolute atomic E-state index is 12.1. The molecule has 0 radical (unpaired) electrons. The van der Waals surface area contributed by atoms with Crippen molar-refractivity contribution < 1.29 is 9.26 Å². The summed E-state index contributed by atoms with van der Waals surface area (Å²) in [5.41, 5.74) is 3.30. The molecular formula is C22H20N4O3S. The van der Waals surface area contributed by atoms with Gasteiger partial charge in [-0.2, -0.15) is 4.98 Å². The van der Waals surface area contributed by atoms with Gasteiger partial charge in [0.25, 0.3) is 5.56 Å². The fourth-order valence-corrected chi connectivity index (χ4v) is 3.60. The average Bonchev–Trinajstić information content (AvgIpc) is 3.26.